The van der Waals surface area contributed by atoms with Crippen LogP contribution in [0, 0.1) is 0 Å². The van der Waals surface area contributed by atoms with Gasteiger partial charge in [0.25, 0.3) is 0 Å². The van der Waals surface area contributed by atoms with Crippen molar-refractivity contribution < 1.29 is 19.0 Å². The SMILES string of the molecule is CC.CC.CC(C)OCC1CC(F)CN1.CCOCC1(CO)CCCN1C. The molecule has 2 heterocycles. The molecule has 3 unspecified atom stereocenters. The van der Waals surface area contributed by atoms with Crippen molar-refractivity contribution in [3.8, 4) is 0 Å². The predicted octanol–water partition coefficient (Wildman–Crippen LogP) is 3.64. The quantitative estimate of drug-likeness (QED) is 0.690. The van der Waals surface area contributed by atoms with Crippen LogP contribution in [0.15, 0.2) is 0 Å². The van der Waals surface area contributed by atoms with Crippen molar-refractivity contribution in [1.29, 1.82) is 0 Å². The molecule has 3 atom stereocenters. The molecule has 0 amide bonds. The van der Waals surface area contributed by atoms with E-state index < -0.39 is 6.17 Å². The number of rotatable bonds is 7. The molecule has 0 saturated carbocycles. The summed E-state index contributed by atoms with van der Waals surface area (Å²) in [4.78, 5) is 2.21. The van der Waals surface area contributed by atoms with E-state index in [2.05, 4.69) is 17.3 Å². The van der Waals surface area contributed by atoms with Crippen molar-refractivity contribution in [3.05, 3.63) is 0 Å². The summed E-state index contributed by atoms with van der Waals surface area (Å²) < 4.78 is 23.3. The Morgan fingerprint density at radius 3 is 2.26 bits per heavy atom. The molecule has 6 heteroatoms. The van der Waals surface area contributed by atoms with E-state index in [9.17, 15) is 9.50 Å². The largest absolute Gasteiger partial charge is 0.394 e. The molecule has 2 aliphatic rings. The maximum Gasteiger partial charge on any atom is 0.114 e. The van der Waals surface area contributed by atoms with E-state index in [4.69, 9.17) is 9.47 Å². The normalized spacial score (nSPS) is 27.2. The Bertz CT molecular complexity index is 322. The molecule has 2 aliphatic heterocycles. The monoisotopic (exact) mass is 394 g/mol. The molecule has 0 spiro atoms. The highest BCUT2D eigenvalue weighted by Gasteiger charge is 2.38. The van der Waals surface area contributed by atoms with Gasteiger partial charge in [-0.1, -0.05) is 27.7 Å². The van der Waals surface area contributed by atoms with Crippen molar-refractivity contribution in [1.82, 2.24) is 10.2 Å². The first kappa shape index (κ1) is 28.9. The minimum atomic E-state index is -0.671. The smallest absolute Gasteiger partial charge is 0.114 e. The van der Waals surface area contributed by atoms with E-state index in [1.54, 1.807) is 0 Å². The summed E-state index contributed by atoms with van der Waals surface area (Å²) in [6, 6.07) is 0.229. The molecule has 0 aromatic rings. The first-order chi connectivity index (χ1) is 12.9. The molecule has 27 heavy (non-hydrogen) atoms. The lowest BCUT2D eigenvalue weighted by Crippen LogP contribution is -2.48. The first-order valence-corrected chi connectivity index (χ1v) is 10.8. The summed E-state index contributed by atoms with van der Waals surface area (Å²) >= 11 is 0. The maximum atomic E-state index is 12.6. The molecule has 0 aromatic heterocycles. The number of ether oxygens (including phenoxy) is 2. The highest BCUT2D eigenvalue weighted by molar-refractivity contribution is 4.93. The second-order valence-electron chi connectivity index (χ2n) is 6.86. The van der Waals surface area contributed by atoms with Gasteiger partial charge in [0.05, 0.1) is 31.5 Å². The number of alkyl halides is 1. The van der Waals surface area contributed by atoms with Crippen LogP contribution in [0.25, 0.3) is 0 Å². The fourth-order valence-electron chi connectivity index (χ4n) is 3.00. The van der Waals surface area contributed by atoms with Crippen LogP contribution in [0.1, 0.15) is 67.7 Å². The molecule has 0 radical (unpaired) electrons. The molecule has 0 aliphatic carbocycles. The summed E-state index contributed by atoms with van der Waals surface area (Å²) in [5, 5.41) is 12.4. The molecule has 166 valence electrons. The second-order valence-corrected chi connectivity index (χ2v) is 6.86. The van der Waals surface area contributed by atoms with Gasteiger partial charge in [0.2, 0.25) is 0 Å². The van der Waals surface area contributed by atoms with Gasteiger partial charge in [0, 0.05) is 19.2 Å². The Morgan fingerprint density at radius 1 is 1.26 bits per heavy atom. The number of aliphatic hydroxyl groups excluding tert-OH is 1. The standard InChI is InChI=1S/C9H19NO2.C8H16FNO.2C2H6/c1-3-12-8-9(7-11)5-4-6-10(9)2;1-6(2)11-5-8-3-7(9)4-10-8;2*1-2/h11H,3-8H2,1-2H3;6-8,10H,3-5H2,1-2H3;2*1-2H3. The zero-order chi connectivity index (χ0) is 21.3. The third-order valence-corrected chi connectivity index (χ3v) is 4.61. The molecule has 2 N–H and O–H groups in total. The van der Waals surface area contributed by atoms with Gasteiger partial charge in [0.1, 0.15) is 6.17 Å². The van der Waals surface area contributed by atoms with E-state index in [-0.39, 0.29) is 24.3 Å². The molecule has 0 bridgehead atoms. The lowest BCUT2D eigenvalue weighted by Gasteiger charge is -2.33. The van der Waals surface area contributed by atoms with Gasteiger partial charge < -0.3 is 19.9 Å². The number of aliphatic hydroxyl groups is 1. The lowest BCUT2D eigenvalue weighted by molar-refractivity contribution is -0.00399. The minimum Gasteiger partial charge on any atom is -0.394 e. The van der Waals surface area contributed by atoms with E-state index in [0.717, 1.165) is 19.6 Å². The number of halogens is 1. The molecular weight excluding hydrogens is 347 g/mol. The molecule has 5 nitrogen and oxygen atoms in total. The Kier molecular flexibility index (Phi) is 19.1. The average molecular weight is 395 g/mol. The highest BCUT2D eigenvalue weighted by atomic mass is 19.1. The van der Waals surface area contributed by atoms with Crippen molar-refractivity contribution in [2.75, 3.05) is 46.6 Å². The van der Waals surface area contributed by atoms with Gasteiger partial charge in [-0.2, -0.15) is 0 Å². The van der Waals surface area contributed by atoms with Crippen LogP contribution in [-0.2, 0) is 9.47 Å². The minimum absolute atomic E-state index is 0.0873. The van der Waals surface area contributed by atoms with Crippen LogP contribution < -0.4 is 5.32 Å². The van der Waals surface area contributed by atoms with Crippen LogP contribution in [-0.4, -0.2) is 80.4 Å². The van der Waals surface area contributed by atoms with Crippen LogP contribution in [0.5, 0.6) is 0 Å². The second kappa shape index (κ2) is 17.8. The lowest BCUT2D eigenvalue weighted by atomic mass is 9.99. The Morgan fingerprint density at radius 2 is 1.89 bits per heavy atom. The first-order valence-electron chi connectivity index (χ1n) is 10.8. The molecule has 2 rings (SSSR count). The number of nitrogens with one attached hydrogen (secondary N) is 1. The van der Waals surface area contributed by atoms with Crippen LogP contribution in [0.3, 0.4) is 0 Å². The topological polar surface area (TPSA) is 54.0 Å². The van der Waals surface area contributed by atoms with E-state index >= 15 is 0 Å². The Labute approximate surface area is 168 Å². The third kappa shape index (κ3) is 12.0. The molecule has 2 saturated heterocycles. The van der Waals surface area contributed by atoms with Crippen LogP contribution in [0.4, 0.5) is 4.39 Å². The summed E-state index contributed by atoms with van der Waals surface area (Å²) in [5.74, 6) is 0. The number of hydrogen-bond acceptors (Lipinski definition) is 5. The Hall–Kier alpha value is -0.270. The van der Waals surface area contributed by atoms with E-state index in [0.29, 0.717) is 26.2 Å². The fraction of sp³-hybridized carbons (Fsp3) is 1.00. The van der Waals surface area contributed by atoms with E-state index in [1.807, 2.05) is 48.5 Å². The zero-order valence-electron chi connectivity index (χ0n) is 19.2. The fourth-order valence-corrected chi connectivity index (χ4v) is 3.00. The van der Waals surface area contributed by atoms with E-state index in [1.165, 1.54) is 6.42 Å². The van der Waals surface area contributed by atoms with Crippen molar-refractivity contribution >= 4 is 0 Å². The Balaban J connectivity index is 0. The summed E-state index contributed by atoms with van der Waals surface area (Å²) in [6.07, 6.45) is 2.41. The number of likely N-dealkylation sites (tertiary alicyclic amines) is 1. The highest BCUT2D eigenvalue weighted by Crippen LogP contribution is 2.27. The van der Waals surface area contributed by atoms with Gasteiger partial charge in [0.15, 0.2) is 0 Å². The van der Waals surface area contributed by atoms with Gasteiger partial charge in [-0.25, -0.2) is 4.39 Å². The number of likely N-dealkylation sites (N-methyl/N-ethyl adjacent to an activating group) is 1. The van der Waals surface area contributed by atoms with Gasteiger partial charge in [-0.3, -0.25) is 4.90 Å². The molecule has 0 aromatic carbocycles. The zero-order valence-corrected chi connectivity index (χ0v) is 19.2. The molecular formula is C21H47FN2O3. The molecule has 2 fully saturated rings. The predicted molar refractivity (Wildman–Crippen MR) is 113 cm³/mol. The number of nitrogens with zero attached hydrogens (tertiary/aromatic N) is 1. The third-order valence-electron chi connectivity index (χ3n) is 4.61. The van der Waals surface area contributed by atoms with Crippen molar-refractivity contribution in [2.45, 2.75) is 91.6 Å². The van der Waals surface area contributed by atoms with Gasteiger partial charge in [-0.05, 0) is 53.6 Å². The number of hydrogen-bond donors (Lipinski definition) is 2. The van der Waals surface area contributed by atoms with Gasteiger partial charge in [-0.15, -0.1) is 0 Å². The van der Waals surface area contributed by atoms with Crippen molar-refractivity contribution in [2.24, 2.45) is 0 Å². The average Bonchev–Trinajstić information content (AvgIpc) is 3.28. The van der Waals surface area contributed by atoms with Crippen molar-refractivity contribution in [3.63, 3.8) is 0 Å². The summed E-state index contributed by atoms with van der Waals surface area (Å²) in [7, 11) is 2.06. The van der Waals surface area contributed by atoms with Crippen LogP contribution in [0.2, 0.25) is 0 Å². The van der Waals surface area contributed by atoms with Crippen LogP contribution >= 0.6 is 0 Å². The maximum absolute atomic E-state index is 12.6. The summed E-state index contributed by atoms with van der Waals surface area (Å²) in [6.45, 7) is 17.8. The van der Waals surface area contributed by atoms with Gasteiger partial charge >= 0.3 is 0 Å². The summed E-state index contributed by atoms with van der Waals surface area (Å²) in [5.41, 5.74) is -0.0873.